The lowest BCUT2D eigenvalue weighted by atomic mass is 9.87. The zero-order valence-corrected chi connectivity index (χ0v) is 12.2. The maximum atomic E-state index is 9.44. The van der Waals surface area contributed by atoms with E-state index in [9.17, 15) is 5.11 Å². The first-order chi connectivity index (χ1) is 9.03. The Kier molecular flexibility index (Phi) is 4.02. The summed E-state index contributed by atoms with van der Waals surface area (Å²) in [5.41, 5.74) is 4.46. The van der Waals surface area contributed by atoms with Crippen molar-refractivity contribution in [3.63, 3.8) is 0 Å². The molecule has 1 aliphatic rings. The quantitative estimate of drug-likeness (QED) is 0.855. The molecule has 106 valence electrons. The van der Waals surface area contributed by atoms with Crippen LogP contribution in [0.25, 0.3) is 0 Å². The number of aliphatic hydroxyl groups excluding tert-OH is 1. The summed E-state index contributed by atoms with van der Waals surface area (Å²) in [5.74, 6) is 0.951. The highest BCUT2D eigenvalue weighted by Crippen LogP contribution is 2.33. The number of hydrogen-bond donors (Lipinski definition) is 2. The third-order valence-electron chi connectivity index (χ3n) is 4.04. The van der Waals surface area contributed by atoms with E-state index in [2.05, 4.69) is 25.2 Å². The number of ether oxygens (including phenoxy) is 2. The van der Waals surface area contributed by atoms with Crippen LogP contribution in [0.1, 0.15) is 16.7 Å². The Labute approximate surface area is 114 Å². The van der Waals surface area contributed by atoms with E-state index in [0.717, 1.165) is 29.1 Å². The maximum Gasteiger partial charge on any atom is 0.125 e. The Hall–Kier alpha value is -1.26. The number of nitrogens with one attached hydrogen (secondary N) is 1. The SMILES string of the molecule is COc1c(C)cc(NCC2(CO)COC2)c(C)c1C. The van der Waals surface area contributed by atoms with Gasteiger partial charge in [-0.3, -0.25) is 0 Å². The van der Waals surface area contributed by atoms with Crippen LogP contribution >= 0.6 is 0 Å². The van der Waals surface area contributed by atoms with Crippen LogP contribution in [0, 0.1) is 26.2 Å². The van der Waals surface area contributed by atoms with Gasteiger partial charge in [-0.25, -0.2) is 0 Å². The predicted molar refractivity (Wildman–Crippen MR) is 76.0 cm³/mol. The zero-order chi connectivity index (χ0) is 14.0. The van der Waals surface area contributed by atoms with Gasteiger partial charge in [0.1, 0.15) is 5.75 Å². The minimum atomic E-state index is -0.117. The van der Waals surface area contributed by atoms with Crippen LogP contribution in [0.15, 0.2) is 6.07 Å². The van der Waals surface area contributed by atoms with Crippen LogP contribution < -0.4 is 10.1 Å². The molecule has 4 nitrogen and oxygen atoms in total. The summed E-state index contributed by atoms with van der Waals surface area (Å²) in [6.45, 7) is 8.35. The Morgan fingerprint density at radius 1 is 1.32 bits per heavy atom. The van der Waals surface area contributed by atoms with Crippen LogP contribution in [0.2, 0.25) is 0 Å². The molecule has 1 aliphatic heterocycles. The van der Waals surface area contributed by atoms with Crippen molar-refractivity contribution >= 4 is 5.69 Å². The fourth-order valence-corrected chi connectivity index (χ4v) is 2.48. The first-order valence-corrected chi connectivity index (χ1v) is 6.60. The zero-order valence-electron chi connectivity index (χ0n) is 12.2. The Balaban J connectivity index is 2.17. The van der Waals surface area contributed by atoms with Crippen LogP contribution in [-0.4, -0.2) is 38.6 Å². The first-order valence-electron chi connectivity index (χ1n) is 6.60. The molecule has 0 unspecified atom stereocenters. The van der Waals surface area contributed by atoms with E-state index in [0.29, 0.717) is 13.2 Å². The number of anilines is 1. The van der Waals surface area contributed by atoms with E-state index in [1.54, 1.807) is 7.11 Å². The molecule has 0 amide bonds. The van der Waals surface area contributed by atoms with E-state index in [1.165, 1.54) is 5.56 Å². The van der Waals surface area contributed by atoms with Crippen molar-refractivity contribution in [3.05, 3.63) is 22.8 Å². The van der Waals surface area contributed by atoms with E-state index >= 15 is 0 Å². The van der Waals surface area contributed by atoms with Gasteiger partial charge in [0.25, 0.3) is 0 Å². The van der Waals surface area contributed by atoms with Gasteiger partial charge < -0.3 is 19.9 Å². The van der Waals surface area contributed by atoms with Crippen molar-refractivity contribution in [2.24, 2.45) is 5.41 Å². The molecule has 2 rings (SSSR count). The third kappa shape index (κ3) is 2.55. The van der Waals surface area contributed by atoms with Gasteiger partial charge in [-0.2, -0.15) is 0 Å². The highest BCUT2D eigenvalue weighted by molar-refractivity contribution is 5.61. The van der Waals surface area contributed by atoms with Gasteiger partial charge in [-0.1, -0.05) is 0 Å². The lowest BCUT2D eigenvalue weighted by Crippen LogP contribution is -2.50. The number of aliphatic hydroxyl groups is 1. The molecule has 1 fully saturated rings. The van der Waals surface area contributed by atoms with Gasteiger partial charge in [0.2, 0.25) is 0 Å². The summed E-state index contributed by atoms with van der Waals surface area (Å²) in [4.78, 5) is 0. The van der Waals surface area contributed by atoms with Crippen LogP contribution in [-0.2, 0) is 4.74 Å². The van der Waals surface area contributed by atoms with Gasteiger partial charge >= 0.3 is 0 Å². The van der Waals surface area contributed by atoms with E-state index < -0.39 is 0 Å². The summed E-state index contributed by atoms with van der Waals surface area (Å²) in [6, 6.07) is 2.10. The van der Waals surface area contributed by atoms with Crippen LogP contribution in [0.4, 0.5) is 5.69 Å². The Morgan fingerprint density at radius 2 is 2.00 bits per heavy atom. The molecule has 19 heavy (non-hydrogen) atoms. The summed E-state index contributed by atoms with van der Waals surface area (Å²) < 4.78 is 10.6. The van der Waals surface area contributed by atoms with Gasteiger partial charge in [0.15, 0.2) is 0 Å². The number of benzene rings is 1. The van der Waals surface area contributed by atoms with Crippen LogP contribution in [0.3, 0.4) is 0 Å². The molecule has 1 aromatic carbocycles. The second kappa shape index (κ2) is 5.39. The molecule has 0 saturated carbocycles. The molecule has 1 aromatic rings. The number of rotatable bonds is 5. The normalized spacial score (nSPS) is 16.9. The average molecular weight is 265 g/mol. The molecule has 1 saturated heterocycles. The molecule has 0 atom stereocenters. The molecule has 0 aromatic heterocycles. The standard InChI is InChI=1S/C15H23NO3/c1-10-5-13(11(2)12(3)14(10)18-4)16-6-15(7-17)8-19-9-15/h5,16-17H,6-9H2,1-4H3. The molecule has 2 N–H and O–H groups in total. The van der Waals surface area contributed by atoms with Crippen molar-refractivity contribution < 1.29 is 14.6 Å². The van der Waals surface area contributed by atoms with E-state index in [1.807, 2.05) is 6.92 Å². The lowest BCUT2D eigenvalue weighted by Gasteiger charge is -2.40. The topological polar surface area (TPSA) is 50.7 Å². The van der Waals surface area contributed by atoms with Crippen molar-refractivity contribution in [3.8, 4) is 5.75 Å². The monoisotopic (exact) mass is 265 g/mol. The number of hydrogen-bond acceptors (Lipinski definition) is 4. The minimum absolute atomic E-state index is 0.117. The summed E-state index contributed by atoms with van der Waals surface area (Å²) >= 11 is 0. The molecule has 0 radical (unpaired) electrons. The van der Waals surface area contributed by atoms with Crippen molar-refractivity contribution in [1.29, 1.82) is 0 Å². The Morgan fingerprint density at radius 3 is 2.47 bits per heavy atom. The number of methoxy groups -OCH3 is 1. The van der Waals surface area contributed by atoms with E-state index in [-0.39, 0.29) is 12.0 Å². The largest absolute Gasteiger partial charge is 0.496 e. The fourth-order valence-electron chi connectivity index (χ4n) is 2.48. The second-order valence-corrected chi connectivity index (χ2v) is 5.53. The van der Waals surface area contributed by atoms with Crippen LogP contribution in [0.5, 0.6) is 5.75 Å². The van der Waals surface area contributed by atoms with Gasteiger partial charge in [-0.05, 0) is 43.5 Å². The number of aryl methyl sites for hydroxylation is 1. The van der Waals surface area contributed by atoms with Crippen molar-refractivity contribution in [2.45, 2.75) is 20.8 Å². The minimum Gasteiger partial charge on any atom is -0.496 e. The summed E-state index contributed by atoms with van der Waals surface area (Å²) in [6.07, 6.45) is 0. The van der Waals surface area contributed by atoms with Crippen molar-refractivity contribution in [1.82, 2.24) is 0 Å². The lowest BCUT2D eigenvalue weighted by molar-refractivity contribution is -0.128. The van der Waals surface area contributed by atoms with Gasteiger partial charge in [-0.15, -0.1) is 0 Å². The fraction of sp³-hybridized carbons (Fsp3) is 0.600. The molecular weight excluding hydrogens is 242 g/mol. The molecule has 0 aliphatic carbocycles. The van der Waals surface area contributed by atoms with Crippen molar-refractivity contribution in [2.75, 3.05) is 38.8 Å². The highest BCUT2D eigenvalue weighted by Gasteiger charge is 2.37. The van der Waals surface area contributed by atoms with E-state index in [4.69, 9.17) is 9.47 Å². The smallest absolute Gasteiger partial charge is 0.125 e. The molecule has 0 spiro atoms. The van der Waals surface area contributed by atoms with Gasteiger partial charge in [0.05, 0.1) is 32.3 Å². The average Bonchev–Trinajstić information content (AvgIpc) is 2.35. The summed E-state index contributed by atoms with van der Waals surface area (Å²) in [5, 5.41) is 12.9. The molecular formula is C15H23NO3. The predicted octanol–water partition coefficient (Wildman–Crippen LogP) is 2.04. The maximum absolute atomic E-state index is 9.44. The third-order valence-corrected chi connectivity index (χ3v) is 4.04. The second-order valence-electron chi connectivity index (χ2n) is 5.53. The van der Waals surface area contributed by atoms with Gasteiger partial charge in [0, 0.05) is 12.2 Å². The first kappa shape index (κ1) is 14.2. The Bertz CT molecular complexity index is 461. The molecule has 0 bridgehead atoms. The summed E-state index contributed by atoms with van der Waals surface area (Å²) in [7, 11) is 1.70. The molecule has 4 heteroatoms. The highest BCUT2D eigenvalue weighted by atomic mass is 16.5. The molecule has 1 heterocycles.